The molecule has 4 N–H and O–H groups in total. The summed E-state index contributed by atoms with van der Waals surface area (Å²) in [4.78, 5) is 17.9. The van der Waals surface area contributed by atoms with Crippen molar-refractivity contribution in [3.63, 3.8) is 0 Å². The van der Waals surface area contributed by atoms with Crippen LogP contribution in [0.2, 0.25) is 0 Å². The van der Waals surface area contributed by atoms with E-state index >= 15 is 0 Å². The average molecular weight is 398 g/mol. The number of hydrogen-bond donors (Lipinski definition) is 3. The molecule has 146 valence electrons. The fraction of sp³-hybridized carbons (Fsp3) is 0.667. The predicted molar refractivity (Wildman–Crippen MR) is 80.7 cm³/mol. The van der Waals surface area contributed by atoms with Crippen LogP contribution >= 0.6 is 0 Å². The van der Waals surface area contributed by atoms with Crippen molar-refractivity contribution in [2.24, 2.45) is 5.73 Å². The van der Waals surface area contributed by atoms with Gasteiger partial charge in [0, 0.05) is 25.1 Å². The van der Waals surface area contributed by atoms with Gasteiger partial charge in [0.15, 0.2) is 0 Å². The SMILES string of the molecule is NC(=O)N1CCc2nn3c(c2C1)C(CNS(=O)(=O)C(F)(F)F)NOCC3. The second-order valence-corrected chi connectivity index (χ2v) is 7.62. The Labute approximate surface area is 146 Å². The fourth-order valence-electron chi connectivity index (χ4n) is 2.96. The van der Waals surface area contributed by atoms with E-state index < -0.39 is 34.1 Å². The third-order valence-electron chi connectivity index (χ3n) is 4.20. The van der Waals surface area contributed by atoms with E-state index in [2.05, 4.69) is 10.6 Å². The molecule has 3 heterocycles. The third-order valence-corrected chi connectivity index (χ3v) is 5.36. The number of hydrogen-bond acceptors (Lipinski definition) is 6. The number of halogens is 3. The number of primary amides is 1. The van der Waals surface area contributed by atoms with Gasteiger partial charge in [-0.1, -0.05) is 0 Å². The van der Waals surface area contributed by atoms with E-state index in [1.807, 2.05) is 0 Å². The van der Waals surface area contributed by atoms with Gasteiger partial charge in [0.05, 0.1) is 37.1 Å². The molecule has 0 aliphatic carbocycles. The largest absolute Gasteiger partial charge is 0.511 e. The molecule has 1 aromatic rings. The highest BCUT2D eigenvalue weighted by Crippen LogP contribution is 2.29. The molecule has 0 radical (unpaired) electrons. The average Bonchev–Trinajstić information content (AvgIpc) is 2.78. The Balaban J connectivity index is 1.89. The molecule has 10 nitrogen and oxygen atoms in total. The van der Waals surface area contributed by atoms with E-state index in [4.69, 9.17) is 10.6 Å². The Morgan fingerprint density at radius 3 is 2.81 bits per heavy atom. The molecule has 2 aliphatic rings. The minimum Gasteiger partial charge on any atom is -0.351 e. The third kappa shape index (κ3) is 3.49. The van der Waals surface area contributed by atoms with Crippen LogP contribution in [0.5, 0.6) is 0 Å². The van der Waals surface area contributed by atoms with Crippen LogP contribution < -0.4 is 15.9 Å². The molecule has 0 bridgehead atoms. The number of sulfonamides is 1. The van der Waals surface area contributed by atoms with Gasteiger partial charge >= 0.3 is 21.6 Å². The minimum absolute atomic E-state index is 0.143. The van der Waals surface area contributed by atoms with E-state index in [0.717, 1.165) is 0 Å². The van der Waals surface area contributed by atoms with Crippen molar-refractivity contribution in [3.05, 3.63) is 17.0 Å². The number of fused-ring (bicyclic) bond motifs is 3. The summed E-state index contributed by atoms with van der Waals surface area (Å²) in [6.45, 7) is 0.443. The van der Waals surface area contributed by atoms with Crippen LogP contribution in [0.15, 0.2) is 0 Å². The number of aromatic nitrogens is 2. The van der Waals surface area contributed by atoms with Crippen molar-refractivity contribution in [2.75, 3.05) is 19.7 Å². The number of hydroxylamine groups is 1. The second kappa shape index (κ2) is 6.68. The van der Waals surface area contributed by atoms with Crippen LogP contribution in [0.4, 0.5) is 18.0 Å². The Morgan fingerprint density at radius 2 is 2.15 bits per heavy atom. The summed E-state index contributed by atoms with van der Waals surface area (Å²) < 4.78 is 63.2. The molecule has 0 saturated heterocycles. The van der Waals surface area contributed by atoms with Gasteiger partial charge in [-0.2, -0.15) is 23.8 Å². The Bertz CT molecular complexity index is 809. The maximum Gasteiger partial charge on any atom is 0.511 e. The lowest BCUT2D eigenvalue weighted by molar-refractivity contribution is -0.0450. The molecule has 0 aromatic carbocycles. The lowest BCUT2D eigenvalue weighted by Crippen LogP contribution is -2.42. The van der Waals surface area contributed by atoms with Crippen LogP contribution in [0.25, 0.3) is 0 Å². The maximum atomic E-state index is 12.5. The van der Waals surface area contributed by atoms with Gasteiger partial charge in [-0.25, -0.2) is 17.9 Å². The number of nitrogens with zero attached hydrogens (tertiary/aromatic N) is 3. The van der Waals surface area contributed by atoms with Crippen LogP contribution in [-0.2, 0) is 34.4 Å². The quantitative estimate of drug-likeness (QED) is 0.619. The van der Waals surface area contributed by atoms with E-state index in [0.29, 0.717) is 36.5 Å². The molecule has 3 rings (SSSR count). The molecular formula is C12H17F3N6O4S. The van der Waals surface area contributed by atoms with Gasteiger partial charge in [-0.15, -0.1) is 0 Å². The van der Waals surface area contributed by atoms with E-state index in [1.165, 1.54) is 9.62 Å². The van der Waals surface area contributed by atoms with E-state index in [9.17, 15) is 26.4 Å². The van der Waals surface area contributed by atoms with E-state index in [-0.39, 0.29) is 13.2 Å². The fourth-order valence-corrected chi connectivity index (χ4v) is 3.51. The summed E-state index contributed by atoms with van der Waals surface area (Å²) >= 11 is 0. The molecule has 1 unspecified atom stereocenters. The van der Waals surface area contributed by atoms with Crippen molar-refractivity contribution >= 4 is 16.1 Å². The zero-order valence-electron chi connectivity index (χ0n) is 13.4. The maximum absolute atomic E-state index is 12.5. The first-order valence-electron chi connectivity index (χ1n) is 7.66. The van der Waals surface area contributed by atoms with Crippen molar-refractivity contribution in [1.82, 2.24) is 24.9 Å². The van der Waals surface area contributed by atoms with Gasteiger partial charge in [0.1, 0.15) is 0 Å². The molecule has 0 fully saturated rings. The topological polar surface area (TPSA) is 132 Å². The molecule has 26 heavy (non-hydrogen) atoms. The van der Waals surface area contributed by atoms with Gasteiger partial charge in [0.25, 0.3) is 0 Å². The van der Waals surface area contributed by atoms with Crippen LogP contribution in [0, 0.1) is 0 Å². The zero-order chi connectivity index (χ0) is 19.1. The number of alkyl halides is 3. The Morgan fingerprint density at radius 1 is 1.42 bits per heavy atom. The van der Waals surface area contributed by atoms with Gasteiger partial charge in [-0.05, 0) is 0 Å². The molecule has 1 aromatic heterocycles. The summed E-state index contributed by atoms with van der Waals surface area (Å²) in [6, 6.07) is -1.54. The predicted octanol–water partition coefficient (Wildman–Crippen LogP) is -0.665. The minimum atomic E-state index is -5.50. The van der Waals surface area contributed by atoms with Crippen molar-refractivity contribution in [2.45, 2.75) is 31.1 Å². The van der Waals surface area contributed by atoms with Crippen molar-refractivity contribution < 1.29 is 31.2 Å². The Kier molecular flexibility index (Phi) is 4.85. The molecule has 14 heteroatoms. The number of nitrogens with two attached hydrogens (primary N) is 1. The number of carbonyl (C=O) groups excluding carboxylic acids is 1. The van der Waals surface area contributed by atoms with E-state index in [1.54, 1.807) is 4.68 Å². The van der Waals surface area contributed by atoms with Crippen LogP contribution in [0.1, 0.15) is 23.0 Å². The standard InChI is InChI=1S/C12H17F3N6O4S/c13-12(14,15)26(23,24)17-5-9-10-7-6-20(11(16)22)2-1-8(7)18-21(10)3-4-25-19-9/h9,17,19H,1-6H2,(H2,16,22). The first-order valence-corrected chi connectivity index (χ1v) is 9.14. The number of nitrogens with one attached hydrogen (secondary N) is 2. The molecule has 0 spiro atoms. The smallest absolute Gasteiger partial charge is 0.351 e. The second-order valence-electron chi connectivity index (χ2n) is 5.86. The number of carbonyl (C=O) groups is 1. The lowest BCUT2D eigenvalue weighted by atomic mass is 10.0. The highest BCUT2D eigenvalue weighted by atomic mass is 32.2. The van der Waals surface area contributed by atoms with Crippen molar-refractivity contribution in [1.29, 1.82) is 0 Å². The molecule has 2 aliphatic heterocycles. The Hall–Kier alpha value is -1.90. The first-order chi connectivity index (χ1) is 12.1. The highest BCUT2D eigenvalue weighted by molar-refractivity contribution is 7.90. The van der Waals surface area contributed by atoms with Crippen LogP contribution in [-0.4, -0.2) is 54.3 Å². The van der Waals surface area contributed by atoms with Gasteiger partial charge in [0.2, 0.25) is 0 Å². The van der Waals surface area contributed by atoms with Gasteiger partial charge < -0.3 is 10.6 Å². The molecule has 0 saturated carbocycles. The zero-order valence-corrected chi connectivity index (χ0v) is 14.2. The number of rotatable bonds is 3. The number of amides is 2. The van der Waals surface area contributed by atoms with Crippen molar-refractivity contribution in [3.8, 4) is 0 Å². The summed E-state index contributed by atoms with van der Waals surface area (Å²) in [5.74, 6) is 0. The lowest BCUT2D eigenvalue weighted by Gasteiger charge is -2.26. The molecule has 1 atom stereocenters. The summed E-state index contributed by atoms with van der Waals surface area (Å²) in [7, 11) is -5.50. The first kappa shape index (κ1) is 18.9. The monoisotopic (exact) mass is 398 g/mol. The highest BCUT2D eigenvalue weighted by Gasteiger charge is 2.46. The normalized spacial score (nSPS) is 21.0. The summed E-state index contributed by atoms with van der Waals surface area (Å²) in [5, 5.41) is 4.41. The molecule has 2 amide bonds. The summed E-state index contributed by atoms with van der Waals surface area (Å²) in [6.07, 6.45) is 0.445. The number of urea groups is 1. The molecular weight excluding hydrogens is 381 g/mol. The van der Waals surface area contributed by atoms with Crippen LogP contribution in [0.3, 0.4) is 0 Å². The van der Waals surface area contributed by atoms with Gasteiger partial charge in [-0.3, -0.25) is 9.52 Å². The summed E-state index contributed by atoms with van der Waals surface area (Å²) in [5.41, 5.74) is 4.23.